The Balaban J connectivity index is 2.33. The molecular weight excluding hydrogens is 110 g/mol. The minimum absolute atomic E-state index is 0.610. The third kappa shape index (κ3) is 1.26. The Bertz CT molecular complexity index is 107. The highest BCUT2D eigenvalue weighted by molar-refractivity contribution is 4.97. The van der Waals surface area contributed by atoms with E-state index in [4.69, 9.17) is 5.73 Å². The molecule has 0 heterocycles. The fraction of sp³-hybridized carbons (Fsp3) is 1.00. The van der Waals surface area contributed by atoms with Crippen molar-refractivity contribution in [2.24, 2.45) is 23.0 Å². The second-order valence-electron chi connectivity index (χ2n) is 4.01. The largest absolute Gasteiger partial charge is 0.330 e. The molecule has 0 spiro atoms. The van der Waals surface area contributed by atoms with Crippen molar-refractivity contribution in [3.63, 3.8) is 0 Å². The van der Waals surface area contributed by atoms with Gasteiger partial charge in [0, 0.05) is 0 Å². The molecule has 1 rings (SSSR count). The summed E-state index contributed by atoms with van der Waals surface area (Å²) < 4.78 is 0. The summed E-state index contributed by atoms with van der Waals surface area (Å²) in [5, 5.41) is 0. The van der Waals surface area contributed by atoms with E-state index >= 15 is 0 Å². The van der Waals surface area contributed by atoms with Crippen molar-refractivity contribution in [2.45, 2.75) is 27.2 Å². The molecule has 0 aromatic carbocycles. The lowest BCUT2D eigenvalue weighted by Gasteiger charge is -2.08. The van der Waals surface area contributed by atoms with Crippen molar-refractivity contribution in [1.29, 1.82) is 0 Å². The Kier molecular flexibility index (Phi) is 1.55. The molecule has 1 fully saturated rings. The van der Waals surface area contributed by atoms with E-state index in [1.165, 1.54) is 6.42 Å². The van der Waals surface area contributed by atoms with Crippen LogP contribution in [0.15, 0.2) is 0 Å². The molecule has 0 saturated heterocycles. The molecule has 2 N–H and O–H groups in total. The SMILES string of the molecule is C[C@H](CN)C1CC1(C)C. The van der Waals surface area contributed by atoms with E-state index in [1.807, 2.05) is 0 Å². The van der Waals surface area contributed by atoms with Gasteiger partial charge in [0.05, 0.1) is 0 Å². The van der Waals surface area contributed by atoms with Crippen LogP contribution in [0.1, 0.15) is 27.2 Å². The van der Waals surface area contributed by atoms with Crippen LogP contribution in [0.3, 0.4) is 0 Å². The minimum atomic E-state index is 0.610. The van der Waals surface area contributed by atoms with E-state index in [1.54, 1.807) is 0 Å². The topological polar surface area (TPSA) is 26.0 Å². The number of hydrogen-bond acceptors (Lipinski definition) is 1. The minimum Gasteiger partial charge on any atom is -0.330 e. The van der Waals surface area contributed by atoms with Crippen molar-refractivity contribution < 1.29 is 0 Å². The zero-order valence-electron chi connectivity index (χ0n) is 6.65. The molecule has 0 amide bonds. The average molecular weight is 127 g/mol. The first-order valence-electron chi connectivity index (χ1n) is 3.78. The molecule has 0 bridgehead atoms. The van der Waals surface area contributed by atoms with Crippen LogP contribution in [-0.4, -0.2) is 6.54 Å². The molecule has 54 valence electrons. The van der Waals surface area contributed by atoms with Gasteiger partial charge in [-0.2, -0.15) is 0 Å². The van der Waals surface area contributed by atoms with Gasteiger partial charge >= 0.3 is 0 Å². The fourth-order valence-electron chi connectivity index (χ4n) is 1.64. The lowest BCUT2D eigenvalue weighted by molar-refractivity contribution is 0.430. The summed E-state index contributed by atoms with van der Waals surface area (Å²) in [4.78, 5) is 0. The van der Waals surface area contributed by atoms with Gasteiger partial charge in [-0.25, -0.2) is 0 Å². The van der Waals surface area contributed by atoms with Gasteiger partial charge in [0.15, 0.2) is 0 Å². The Hall–Kier alpha value is -0.0400. The normalized spacial score (nSPS) is 34.0. The summed E-state index contributed by atoms with van der Waals surface area (Å²) >= 11 is 0. The molecule has 9 heavy (non-hydrogen) atoms. The van der Waals surface area contributed by atoms with Gasteiger partial charge in [-0.15, -0.1) is 0 Å². The van der Waals surface area contributed by atoms with Crippen LogP contribution in [0.25, 0.3) is 0 Å². The average Bonchev–Trinajstić information content (AvgIpc) is 2.38. The first kappa shape index (κ1) is 7.07. The Morgan fingerprint density at radius 3 is 2.22 bits per heavy atom. The maximum absolute atomic E-state index is 5.53. The van der Waals surface area contributed by atoms with Gasteiger partial charge in [-0.3, -0.25) is 0 Å². The van der Waals surface area contributed by atoms with Crippen molar-refractivity contribution in [2.75, 3.05) is 6.54 Å². The third-order valence-electron chi connectivity index (χ3n) is 2.65. The van der Waals surface area contributed by atoms with Crippen molar-refractivity contribution in [3.05, 3.63) is 0 Å². The quantitative estimate of drug-likeness (QED) is 0.599. The molecule has 1 aliphatic carbocycles. The molecule has 1 heteroatoms. The lowest BCUT2D eigenvalue weighted by Crippen LogP contribution is -2.14. The summed E-state index contributed by atoms with van der Waals surface area (Å²) in [6.45, 7) is 7.75. The second-order valence-corrected chi connectivity index (χ2v) is 4.01. The van der Waals surface area contributed by atoms with Crippen LogP contribution < -0.4 is 5.73 Å². The van der Waals surface area contributed by atoms with E-state index in [0.29, 0.717) is 5.41 Å². The molecule has 0 aliphatic heterocycles. The Labute approximate surface area is 57.6 Å². The first-order valence-corrected chi connectivity index (χ1v) is 3.78. The Morgan fingerprint density at radius 2 is 2.11 bits per heavy atom. The monoisotopic (exact) mass is 127 g/mol. The zero-order chi connectivity index (χ0) is 7.07. The van der Waals surface area contributed by atoms with Crippen molar-refractivity contribution >= 4 is 0 Å². The molecule has 1 saturated carbocycles. The molecule has 0 aromatic rings. The van der Waals surface area contributed by atoms with E-state index in [-0.39, 0.29) is 0 Å². The van der Waals surface area contributed by atoms with Gasteiger partial charge in [-0.05, 0) is 30.2 Å². The van der Waals surface area contributed by atoms with Crippen molar-refractivity contribution in [1.82, 2.24) is 0 Å². The maximum atomic E-state index is 5.53. The van der Waals surface area contributed by atoms with Gasteiger partial charge in [0.1, 0.15) is 0 Å². The van der Waals surface area contributed by atoms with E-state index in [2.05, 4.69) is 20.8 Å². The van der Waals surface area contributed by atoms with Gasteiger partial charge in [-0.1, -0.05) is 20.8 Å². The molecule has 1 nitrogen and oxygen atoms in total. The Morgan fingerprint density at radius 1 is 1.67 bits per heavy atom. The predicted molar refractivity (Wildman–Crippen MR) is 40.1 cm³/mol. The van der Waals surface area contributed by atoms with Crippen LogP contribution in [0.4, 0.5) is 0 Å². The van der Waals surface area contributed by atoms with Crippen LogP contribution in [0.2, 0.25) is 0 Å². The van der Waals surface area contributed by atoms with E-state index < -0.39 is 0 Å². The molecule has 2 atom stereocenters. The lowest BCUT2D eigenvalue weighted by atomic mass is 9.99. The van der Waals surface area contributed by atoms with Crippen LogP contribution in [0.5, 0.6) is 0 Å². The smallest absolute Gasteiger partial charge is 0.00486 e. The van der Waals surface area contributed by atoms with Crippen molar-refractivity contribution in [3.8, 4) is 0 Å². The number of hydrogen-bond donors (Lipinski definition) is 1. The standard InChI is InChI=1S/C8H17N/c1-6(5-9)7-4-8(7,2)3/h6-7H,4-5,9H2,1-3H3/t6-,7?/m1/s1. The fourth-order valence-corrected chi connectivity index (χ4v) is 1.64. The predicted octanol–water partition coefficient (Wildman–Crippen LogP) is 1.63. The second kappa shape index (κ2) is 1.98. The molecule has 0 aromatic heterocycles. The van der Waals surface area contributed by atoms with E-state index in [0.717, 1.165) is 18.4 Å². The van der Waals surface area contributed by atoms with Gasteiger partial charge < -0.3 is 5.73 Å². The molecule has 0 radical (unpaired) electrons. The van der Waals surface area contributed by atoms with Gasteiger partial charge in [0.25, 0.3) is 0 Å². The summed E-state index contributed by atoms with van der Waals surface area (Å²) in [7, 11) is 0. The third-order valence-corrected chi connectivity index (χ3v) is 2.65. The zero-order valence-corrected chi connectivity index (χ0v) is 6.65. The van der Waals surface area contributed by atoms with Crippen LogP contribution in [0, 0.1) is 17.3 Å². The highest BCUT2D eigenvalue weighted by atomic mass is 14.6. The summed E-state index contributed by atoms with van der Waals surface area (Å²) in [5.74, 6) is 1.64. The summed E-state index contributed by atoms with van der Waals surface area (Å²) in [6.07, 6.45) is 1.38. The van der Waals surface area contributed by atoms with Crippen LogP contribution in [-0.2, 0) is 0 Å². The summed E-state index contributed by atoms with van der Waals surface area (Å²) in [6, 6.07) is 0. The number of nitrogens with two attached hydrogens (primary N) is 1. The molecule has 1 unspecified atom stereocenters. The molecule has 1 aliphatic rings. The summed E-state index contributed by atoms with van der Waals surface area (Å²) in [5.41, 5.74) is 6.14. The molecular formula is C8H17N. The number of rotatable bonds is 2. The highest BCUT2D eigenvalue weighted by Crippen LogP contribution is 2.55. The van der Waals surface area contributed by atoms with Gasteiger partial charge in [0.2, 0.25) is 0 Å². The highest BCUT2D eigenvalue weighted by Gasteiger charge is 2.47. The first-order chi connectivity index (χ1) is 4.08. The van der Waals surface area contributed by atoms with E-state index in [9.17, 15) is 0 Å². The maximum Gasteiger partial charge on any atom is -0.00486 e. The van der Waals surface area contributed by atoms with Crippen LogP contribution >= 0.6 is 0 Å².